The Bertz CT molecular complexity index is 719. The van der Waals surface area contributed by atoms with Gasteiger partial charge in [-0.1, -0.05) is 35.9 Å². The van der Waals surface area contributed by atoms with Gasteiger partial charge in [-0.05, 0) is 61.8 Å². The minimum Gasteiger partial charge on any atom is -0.497 e. The maximum Gasteiger partial charge on any atom is 0.220 e. The standard InChI is InChI=1S/C20H25ClN2O2/c1-14-13-15(25-3)10-11-16(14)20(17-7-4-5-8-18(17)21)23-19(24)9-6-12-22-2/h4-5,7-8,10-11,13,20,22H,6,9,12H2,1-3H3,(H,23,24). The molecule has 5 heteroatoms. The number of halogens is 1. The Hall–Kier alpha value is -2.04. The molecule has 0 aliphatic rings. The van der Waals surface area contributed by atoms with Crippen LogP contribution in [-0.2, 0) is 4.79 Å². The van der Waals surface area contributed by atoms with Gasteiger partial charge in [0, 0.05) is 11.4 Å². The van der Waals surface area contributed by atoms with Gasteiger partial charge in [0.2, 0.25) is 5.91 Å². The van der Waals surface area contributed by atoms with Crippen LogP contribution in [0.3, 0.4) is 0 Å². The van der Waals surface area contributed by atoms with E-state index in [1.807, 2.05) is 56.4 Å². The summed E-state index contributed by atoms with van der Waals surface area (Å²) in [7, 11) is 3.52. The van der Waals surface area contributed by atoms with Gasteiger partial charge in [0.1, 0.15) is 5.75 Å². The molecule has 1 atom stereocenters. The second kappa shape index (κ2) is 9.44. The second-order valence-electron chi connectivity index (χ2n) is 5.95. The fourth-order valence-corrected chi connectivity index (χ4v) is 3.04. The van der Waals surface area contributed by atoms with Crippen LogP contribution in [0.1, 0.15) is 35.6 Å². The van der Waals surface area contributed by atoms with Gasteiger partial charge in [-0.2, -0.15) is 0 Å². The fraction of sp³-hybridized carbons (Fsp3) is 0.350. The van der Waals surface area contributed by atoms with Crippen molar-refractivity contribution in [1.82, 2.24) is 10.6 Å². The average Bonchev–Trinajstić information content (AvgIpc) is 2.61. The smallest absolute Gasteiger partial charge is 0.220 e. The molecular formula is C20H25ClN2O2. The lowest BCUT2D eigenvalue weighted by atomic mass is 9.94. The summed E-state index contributed by atoms with van der Waals surface area (Å²) < 4.78 is 5.29. The van der Waals surface area contributed by atoms with Gasteiger partial charge >= 0.3 is 0 Å². The molecule has 2 aromatic rings. The first kappa shape index (κ1) is 19.3. The van der Waals surface area contributed by atoms with Crippen molar-refractivity contribution in [3.8, 4) is 5.75 Å². The number of aryl methyl sites for hydroxylation is 1. The van der Waals surface area contributed by atoms with Crippen LogP contribution >= 0.6 is 11.6 Å². The minimum atomic E-state index is -0.290. The van der Waals surface area contributed by atoms with E-state index < -0.39 is 0 Å². The third kappa shape index (κ3) is 5.21. The van der Waals surface area contributed by atoms with Gasteiger partial charge in [-0.15, -0.1) is 0 Å². The van der Waals surface area contributed by atoms with E-state index in [1.165, 1.54) is 0 Å². The monoisotopic (exact) mass is 360 g/mol. The fourth-order valence-electron chi connectivity index (χ4n) is 2.79. The van der Waals surface area contributed by atoms with Crippen molar-refractivity contribution in [3.05, 3.63) is 64.2 Å². The highest BCUT2D eigenvalue weighted by Crippen LogP contribution is 2.31. The summed E-state index contributed by atoms with van der Waals surface area (Å²) in [6.45, 7) is 2.82. The number of hydrogen-bond donors (Lipinski definition) is 2. The van der Waals surface area contributed by atoms with E-state index in [2.05, 4.69) is 10.6 Å². The number of hydrogen-bond acceptors (Lipinski definition) is 3. The summed E-state index contributed by atoms with van der Waals surface area (Å²) in [5, 5.41) is 6.83. The molecule has 2 N–H and O–H groups in total. The molecule has 2 aromatic carbocycles. The summed E-state index contributed by atoms with van der Waals surface area (Å²) in [4.78, 5) is 12.4. The number of carbonyl (C=O) groups is 1. The molecule has 1 amide bonds. The van der Waals surface area contributed by atoms with Crippen LogP contribution in [0.15, 0.2) is 42.5 Å². The maximum absolute atomic E-state index is 12.4. The van der Waals surface area contributed by atoms with Crippen molar-refractivity contribution in [3.63, 3.8) is 0 Å². The maximum atomic E-state index is 12.4. The predicted molar refractivity (Wildman–Crippen MR) is 102 cm³/mol. The number of ether oxygens (including phenoxy) is 1. The number of nitrogens with one attached hydrogen (secondary N) is 2. The molecule has 0 aliphatic heterocycles. The Morgan fingerprint density at radius 1 is 1.20 bits per heavy atom. The highest BCUT2D eigenvalue weighted by Gasteiger charge is 2.21. The van der Waals surface area contributed by atoms with Crippen molar-refractivity contribution in [2.75, 3.05) is 20.7 Å². The van der Waals surface area contributed by atoms with E-state index in [4.69, 9.17) is 16.3 Å². The molecule has 0 saturated carbocycles. The summed E-state index contributed by atoms with van der Waals surface area (Å²) in [5.74, 6) is 0.801. The largest absolute Gasteiger partial charge is 0.497 e. The molecule has 0 aliphatic carbocycles. The highest BCUT2D eigenvalue weighted by atomic mass is 35.5. The Morgan fingerprint density at radius 2 is 1.96 bits per heavy atom. The van der Waals surface area contributed by atoms with Gasteiger partial charge in [0.05, 0.1) is 13.2 Å². The van der Waals surface area contributed by atoms with E-state index in [9.17, 15) is 4.79 Å². The summed E-state index contributed by atoms with van der Waals surface area (Å²) >= 11 is 6.40. The third-order valence-corrected chi connectivity index (χ3v) is 4.48. The molecule has 4 nitrogen and oxygen atoms in total. The molecule has 134 valence electrons. The first-order valence-electron chi connectivity index (χ1n) is 8.39. The average molecular weight is 361 g/mol. The first-order chi connectivity index (χ1) is 12.1. The van der Waals surface area contributed by atoms with Crippen molar-refractivity contribution in [2.45, 2.75) is 25.8 Å². The van der Waals surface area contributed by atoms with Crippen LogP contribution in [0.4, 0.5) is 0 Å². The number of benzene rings is 2. The normalized spacial score (nSPS) is 11.8. The van der Waals surface area contributed by atoms with Crippen LogP contribution in [0.25, 0.3) is 0 Å². The molecular weight excluding hydrogens is 336 g/mol. The van der Waals surface area contributed by atoms with Crippen LogP contribution in [0, 0.1) is 6.92 Å². The predicted octanol–water partition coefficient (Wildman–Crippen LogP) is 3.86. The molecule has 0 radical (unpaired) electrons. The van der Waals surface area contributed by atoms with Gasteiger partial charge in [-0.25, -0.2) is 0 Å². The van der Waals surface area contributed by atoms with E-state index in [1.54, 1.807) is 7.11 Å². The third-order valence-electron chi connectivity index (χ3n) is 4.14. The van der Waals surface area contributed by atoms with Crippen LogP contribution in [0.2, 0.25) is 5.02 Å². The molecule has 25 heavy (non-hydrogen) atoms. The van der Waals surface area contributed by atoms with Gasteiger partial charge in [-0.3, -0.25) is 4.79 Å². The highest BCUT2D eigenvalue weighted by molar-refractivity contribution is 6.31. The van der Waals surface area contributed by atoms with Crippen LogP contribution in [0.5, 0.6) is 5.75 Å². The minimum absolute atomic E-state index is 0.00962. The topological polar surface area (TPSA) is 50.4 Å². The first-order valence-corrected chi connectivity index (χ1v) is 8.77. The Balaban J connectivity index is 2.33. The van der Waals surface area contributed by atoms with Crippen molar-refractivity contribution in [1.29, 1.82) is 0 Å². The van der Waals surface area contributed by atoms with Crippen molar-refractivity contribution in [2.24, 2.45) is 0 Å². The molecule has 0 aromatic heterocycles. The van der Waals surface area contributed by atoms with E-state index >= 15 is 0 Å². The molecule has 0 heterocycles. The molecule has 1 unspecified atom stereocenters. The zero-order valence-electron chi connectivity index (χ0n) is 14.9. The molecule has 0 spiro atoms. The van der Waals surface area contributed by atoms with Gasteiger partial charge in [0.15, 0.2) is 0 Å². The molecule has 2 rings (SSSR count). The lowest BCUT2D eigenvalue weighted by molar-refractivity contribution is -0.121. The zero-order chi connectivity index (χ0) is 18.2. The quantitative estimate of drug-likeness (QED) is 0.703. The van der Waals surface area contributed by atoms with E-state index in [-0.39, 0.29) is 11.9 Å². The van der Waals surface area contributed by atoms with Gasteiger partial charge < -0.3 is 15.4 Å². The van der Waals surface area contributed by atoms with E-state index in [0.717, 1.165) is 35.4 Å². The lowest BCUT2D eigenvalue weighted by Gasteiger charge is -2.23. The number of rotatable bonds is 8. The SMILES string of the molecule is CNCCCC(=O)NC(c1ccc(OC)cc1C)c1ccccc1Cl. The number of carbonyl (C=O) groups excluding carboxylic acids is 1. The zero-order valence-corrected chi connectivity index (χ0v) is 15.7. The number of methoxy groups -OCH3 is 1. The summed E-state index contributed by atoms with van der Waals surface area (Å²) in [5.41, 5.74) is 2.94. The summed E-state index contributed by atoms with van der Waals surface area (Å²) in [6.07, 6.45) is 1.26. The molecule has 0 fully saturated rings. The van der Waals surface area contributed by atoms with Crippen LogP contribution < -0.4 is 15.4 Å². The van der Waals surface area contributed by atoms with Gasteiger partial charge in [0.25, 0.3) is 0 Å². The van der Waals surface area contributed by atoms with Crippen molar-refractivity contribution >= 4 is 17.5 Å². The molecule has 0 saturated heterocycles. The Morgan fingerprint density at radius 3 is 2.60 bits per heavy atom. The van der Waals surface area contributed by atoms with Crippen molar-refractivity contribution < 1.29 is 9.53 Å². The lowest BCUT2D eigenvalue weighted by Crippen LogP contribution is -2.30. The summed E-state index contributed by atoms with van der Waals surface area (Å²) in [6, 6.07) is 13.2. The Labute approximate surface area is 154 Å². The number of amides is 1. The molecule has 0 bridgehead atoms. The van der Waals surface area contributed by atoms with Crippen LogP contribution in [-0.4, -0.2) is 26.6 Å². The Kier molecular flexibility index (Phi) is 7.29. The van der Waals surface area contributed by atoms with E-state index in [0.29, 0.717) is 11.4 Å². The second-order valence-corrected chi connectivity index (χ2v) is 6.36.